The summed E-state index contributed by atoms with van der Waals surface area (Å²) in [5.41, 5.74) is 0.988. The number of Topliss-reactive ketones (excluding diaryl/α,β-unsaturated/α-hetero) is 1. The lowest BCUT2D eigenvalue weighted by Crippen LogP contribution is -2.46. The van der Waals surface area contributed by atoms with Gasteiger partial charge in [0.25, 0.3) is 0 Å². The summed E-state index contributed by atoms with van der Waals surface area (Å²) < 4.78 is 5.93. The van der Waals surface area contributed by atoms with Gasteiger partial charge in [0.2, 0.25) is 0 Å². The molecule has 3 nitrogen and oxygen atoms in total. The van der Waals surface area contributed by atoms with Gasteiger partial charge in [0.15, 0.2) is 5.78 Å². The van der Waals surface area contributed by atoms with Gasteiger partial charge in [-0.05, 0) is 26.8 Å². The van der Waals surface area contributed by atoms with E-state index in [-0.39, 0.29) is 12.0 Å². The van der Waals surface area contributed by atoms with Gasteiger partial charge < -0.3 is 4.74 Å². The molecule has 2 bridgehead atoms. The first-order valence-corrected chi connectivity index (χ1v) is 6.25. The van der Waals surface area contributed by atoms with Crippen LogP contribution < -0.4 is 0 Å². The van der Waals surface area contributed by atoms with Gasteiger partial charge >= 0.3 is 0 Å². The van der Waals surface area contributed by atoms with Crippen molar-refractivity contribution in [3.63, 3.8) is 0 Å². The van der Waals surface area contributed by atoms with Crippen molar-refractivity contribution in [1.29, 1.82) is 0 Å². The van der Waals surface area contributed by atoms with Gasteiger partial charge in [0.1, 0.15) is 11.9 Å². The fourth-order valence-electron chi connectivity index (χ4n) is 3.31. The van der Waals surface area contributed by atoms with E-state index >= 15 is 0 Å². The van der Waals surface area contributed by atoms with Crippen LogP contribution in [-0.4, -0.2) is 35.9 Å². The smallest absolute Gasteiger partial charge is 0.170 e. The van der Waals surface area contributed by atoms with Gasteiger partial charge in [0.05, 0.1) is 11.5 Å². The number of rotatable bonds is 0. The summed E-state index contributed by atoms with van der Waals surface area (Å²) >= 11 is 0. The highest BCUT2D eigenvalue weighted by Crippen LogP contribution is 2.42. The molecule has 0 spiro atoms. The molecule has 3 aliphatic heterocycles. The minimum Gasteiger partial charge on any atom is -0.494 e. The Bertz CT molecular complexity index is 374. The monoisotopic (exact) mass is 221 g/mol. The summed E-state index contributed by atoms with van der Waals surface area (Å²) in [6.45, 7) is 3.99. The van der Waals surface area contributed by atoms with Gasteiger partial charge in [-0.25, -0.2) is 0 Å². The zero-order valence-electron chi connectivity index (χ0n) is 10.2. The molecule has 3 heteroatoms. The second-order valence-corrected chi connectivity index (χ2v) is 5.43. The molecule has 16 heavy (non-hydrogen) atoms. The molecule has 0 amide bonds. The maximum Gasteiger partial charge on any atom is 0.170 e. The molecule has 0 aromatic carbocycles. The van der Waals surface area contributed by atoms with Gasteiger partial charge in [-0.2, -0.15) is 0 Å². The summed E-state index contributed by atoms with van der Waals surface area (Å²) in [6, 6.07) is 0.924. The molecule has 0 aliphatic carbocycles. The number of fused-ring (bicyclic) bond motifs is 3. The van der Waals surface area contributed by atoms with E-state index in [0.29, 0.717) is 17.9 Å². The number of likely N-dealkylation sites (N-methyl/N-ethyl adjacent to an activating group) is 1. The van der Waals surface area contributed by atoms with Crippen LogP contribution in [0.1, 0.15) is 33.1 Å². The summed E-state index contributed by atoms with van der Waals surface area (Å²) in [4.78, 5) is 14.7. The Morgan fingerprint density at radius 2 is 2.06 bits per heavy atom. The van der Waals surface area contributed by atoms with Crippen LogP contribution in [0, 0.1) is 5.92 Å². The number of ether oxygens (including phenoxy) is 1. The lowest BCUT2D eigenvalue weighted by molar-refractivity contribution is -0.126. The Morgan fingerprint density at radius 1 is 1.31 bits per heavy atom. The van der Waals surface area contributed by atoms with E-state index in [9.17, 15) is 4.79 Å². The topological polar surface area (TPSA) is 29.5 Å². The van der Waals surface area contributed by atoms with Gasteiger partial charge in [-0.3, -0.25) is 9.69 Å². The molecular weight excluding hydrogens is 202 g/mol. The normalized spacial score (nSPS) is 43.3. The van der Waals surface area contributed by atoms with Crippen LogP contribution in [0.2, 0.25) is 0 Å². The SMILES string of the molecule is C[C@@H]1OC2=C(C(=O)[C@H]1C)[C@H]1CC[C@@H](C2)N1C. The molecule has 0 saturated carbocycles. The molecular formula is C13H19NO2. The molecule has 1 fully saturated rings. The van der Waals surface area contributed by atoms with Gasteiger partial charge in [-0.15, -0.1) is 0 Å². The summed E-state index contributed by atoms with van der Waals surface area (Å²) in [7, 11) is 2.14. The predicted molar refractivity (Wildman–Crippen MR) is 60.9 cm³/mol. The minimum absolute atomic E-state index is 0.0179. The molecule has 0 aromatic heterocycles. The van der Waals surface area contributed by atoms with Crippen LogP contribution >= 0.6 is 0 Å². The molecule has 1 saturated heterocycles. The average Bonchev–Trinajstić information content (AvgIpc) is 2.51. The Kier molecular flexibility index (Phi) is 2.15. The Morgan fingerprint density at radius 3 is 2.81 bits per heavy atom. The number of nitrogens with zero attached hydrogens (tertiary/aromatic N) is 1. The molecule has 3 rings (SSSR count). The van der Waals surface area contributed by atoms with Crippen molar-refractivity contribution in [3.8, 4) is 0 Å². The fraction of sp³-hybridized carbons (Fsp3) is 0.769. The summed E-state index contributed by atoms with van der Waals surface area (Å²) in [5.74, 6) is 1.34. The second-order valence-electron chi connectivity index (χ2n) is 5.43. The number of carbonyl (C=O) groups excluding carboxylic acids is 1. The lowest BCUT2D eigenvalue weighted by Gasteiger charge is -2.40. The first-order valence-electron chi connectivity index (χ1n) is 6.25. The van der Waals surface area contributed by atoms with E-state index in [0.717, 1.165) is 24.2 Å². The first-order chi connectivity index (χ1) is 7.59. The van der Waals surface area contributed by atoms with Crippen LogP contribution in [0.5, 0.6) is 0 Å². The van der Waals surface area contributed by atoms with Crippen LogP contribution in [0.4, 0.5) is 0 Å². The summed E-state index contributed by atoms with van der Waals surface area (Å²) in [5, 5.41) is 0. The zero-order valence-corrected chi connectivity index (χ0v) is 10.2. The van der Waals surface area contributed by atoms with Crippen LogP contribution in [0.3, 0.4) is 0 Å². The molecule has 88 valence electrons. The molecule has 0 unspecified atom stereocenters. The number of hydrogen-bond acceptors (Lipinski definition) is 3. The third kappa shape index (κ3) is 1.21. The number of carbonyl (C=O) groups is 1. The van der Waals surface area contributed by atoms with Crippen LogP contribution in [0.15, 0.2) is 11.3 Å². The highest BCUT2D eigenvalue weighted by Gasteiger charge is 2.46. The second kappa shape index (κ2) is 3.33. The largest absolute Gasteiger partial charge is 0.494 e. The predicted octanol–water partition coefficient (Wildman–Crippen LogP) is 1.73. The Hall–Kier alpha value is -0.830. The standard InChI is InChI=1S/C13H19NO2/c1-7-8(2)16-11-6-9-4-5-10(14(9)3)12(11)13(7)15/h7-10H,4-6H2,1-3H3/t7-,8-,9-,10+/m0/s1. The van der Waals surface area contributed by atoms with Crippen molar-refractivity contribution < 1.29 is 9.53 Å². The maximum absolute atomic E-state index is 12.3. The van der Waals surface area contributed by atoms with E-state index < -0.39 is 0 Å². The Balaban J connectivity index is 2.03. The van der Waals surface area contributed by atoms with E-state index in [1.54, 1.807) is 0 Å². The van der Waals surface area contributed by atoms with Crippen LogP contribution in [0.25, 0.3) is 0 Å². The summed E-state index contributed by atoms with van der Waals surface area (Å²) in [6.07, 6.45) is 3.31. The first kappa shape index (κ1) is 10.3. The minimum atomic E-state index is 0.0179. The van der Waals surface area contributed by atoms with Gasteiger partial charge in [0, 0.05) is 18.5 Å². The highest BCUT2D eigenvalue weighted by atomic mass is 16.5. The van der Waals surface area contributed by atoms with Crippen molar-refractivity contribution in [2.45, 2.75) is 51.3 Å². The molecule has 3 heterocycles. The quantitative estimate of drug-likeness (QED) is 0.624. The average molecular weight is 221 g/mol. The van der Waals surface area contributed by atoms with Crippen molar-refractivity contribution in [3.05, 3.63) is 11.3 Å². The van der Waals surface area contributed by atoms with Crippen molar-refractivity contribution in [2.75, 3.05) is 7.05 Å². The molecule has 4 atom stereocenters. The van der Waals surface area contributed by atoms with Gasteiger partial charge in [-0.1, -0.05) is 6.92 Å². The molecule has 3 aliphatic rings. The third-order valence-corrected chi connectivity index (χ3v) is 4.61. The molecule has 0 radical (unpaired) electrons. The van der Waals surface area contributed by atoms with Crippen molar-refractivity contribution in [2.24, 2.45) is 5.92 Å². The maximum atomic E-state index is 12.3. The third-order valence-electron chi connectivity index (χ3n) is 4.61. The fourth-order valence-corrected chi connectivity index (χ4v) is 3.31. The Labute approximate surface area is 96.4 Å². The molecule has 0 N–H and O–H groups in total. The molecule has 0 aromatic rings. The van der Waals surface area contributed by atoms with Crippen molar-refractivity contribution >= 4 is 5.78 Å². The van der Waals surface area contributed by atoms with E-state index in [1.165, 1.54) is 6.42 Å². The van der Waals surface area contributed by atoms with E-state index in [4.69, 9.17) is 4.74 Å². The number of ketones is 1. The zero-order chi connectivity index (χ0) is 11.4. The number of hydrogen-bond donors (Lipinski definition) is 0. The van der Waals surface area contributed by atoms with Crippen LogP contribution in [-0.2, 0) is 9.53 Å². The highest BCUT2D eigenvalue weighted by molar-refractivity contribution is 5.99. The van der Waals surface area contributed by atoms with E-state index in [1.807, 2.05) is 13.8 Å². The van der Waals surface area contributed by atoms with E-state index in [2.05, 4.69) is 11.9 Å². The lowest BCUT2D eigenvalue weighted by atomic mass is 9.85. The van der Waals surface area contributed by atoms with Crippen molar-refractivity contribution in [1.82, 2.24) is 4.90 Å².